The molecule has 0 spiro atoms. The smallest absolute Gasteiger partial charge is 0.0802 e. The maximum absolute atomic E-state index is 10.2. The van der Waals surface area contributed by atoms with Gasteiger partial charge < -0.3 is 15.2 Å². The quantitative estimate of drug-likeness (QED) is 0.685. The van der Waals surface area contributed by atoms with E-state index in [0.29, 0.717) is 0 Å². The van der Waals surface area contributed by atoms with Crippen molar-refractivity contribution in [1.82, 2.24) is 5.32 Å². The van der Waals surface area contributed by atoms with Gasteiger partial charge in [0, 0.05) is 13.2 Å². The Labute approximate surface area is 129 Å². The Morgan fingerprint density at radius 3 is 2.38 bits per heavy atom. The van der Waals surface area contributed by atoms with Crippen molar-refractivity contribution in [3.05, 3.63) is 35.4 Å². The van der Waals surface area contributed by atoms with Gasteiger partial charge in [-0.25, -0.2) is 0 Å². The van der Waals surface area contributed by atoms with Crippen molar-refractivity contribution in [2.45, 2.75) is 52.1 Å². The van der Waals surface area contributed by atoms with Gasteiger partial charge >= 0.3 is 0 Å². The molecule has 0 aliphatic carbocycles. The fourth-order valence-corrected chi connectivity index (χ4v) is 2.18. The molecule has 0 radical (unpaired) electrons. The van der Waals surface area contributed by atoms with E-state index in [9.17, 15) is 5.11 Å². The highest BCUT2D eigenvalue weighted by Gasteiger charge is 2.14. The standard InChI is InChI=1S/C18H31NO2/c1-5-21-14-6-12-19-13-11-17(20)15-7-9-16(10-8-15)18(2,3)4/h7-10,17,19-20H,5-6,11-14H2,1-4H3. The molecule has 0 aliphatic heterocycles. The van der Waals surface area contributed by atoms with Gasteiger partial charge in [0.2, 0.25) is 0 Å². The number of aliphatic hydroxyl groups is 1. The SMILES string of the molecule is CCOCCCNCCC(O)c1ccc(C(C)(C)C)cc1. The molecule has 21 heavy (non-hydrogen) atoms. The maximum atomic E-state index is 10.2. The number of benzene rings is 1. The van der Waals surface area contributed by atoms with Crippen molar-refractivity contribution < 1.29 is 9.84 Å². The molecule has 1 aromatic carbocycles. The number of ether oxygens (including phenoxy) is 1. The highest BCUT2D eigenvalue weighted by atomic mass is 16.5. The van der Waals surface area contributed by atoms with Gasteiger partial charge in [0.1, 0.15) is 0 Å². The van der Waals surface area contributed by atoms with Crippen LogP contribution in [0.4, 0.5) is 0 Å². The van der Waals surface area contributed by atoms with Crippen LogP contribution in [0, 0.1) is 0 Å². The van der Waals surface area contributed by atoms with Gasteiger partial charge in [-0.3, -0.25) is 0 Å². The van der Waals surface area contributed by atoms with Gasteiger partial charge in [0.05, 0.1) is 6.10 Å². The number of rotatable bonds is 9. The van der Waals surface area contributed by atoms with Gasteiger partial charge in [0.15, 0.2) is 0 Å². The third-order valence-corrected chi connectivity index (χ3v) is 3.60. The summed E-state index contributed by atoms with van der Waals surface area (Å²) < 4.78 is 5.28. The lowest BCUT2D eigenvalue weighted by Crippen LogP contribution is -2.20. The second-order valence-electron chi connectivity index (χ2n) is 6.48. The minimum atomic E-state index is -0.390. The summed E-state index contributed by atoms with van der Waals surface area (Å²) in [4.78, 5) is 0. The molecule has 3 nitrogen and oxygen atoms in total. The first-order valence-corrected chi connectivity index (χ1v) is 8.02. The Balaban J connectivity index is 2.27. The van der Waals surface area contributed by atoms with E-state index >= 15 is 0 Å². The molecule has 120 valence electrons. The third kappa shape index (κ3) is 7.07. The molecule has 0 aliphatic rings. The first-order valence-electron chi connectivity index (χ1n) is 8.02. The summed E-state index contributed by atoms with van der Waals surface area (Å²) in [6.45, 7) is 12.0. The minimum absolute atomic E-state index is 0.158. The van der Waals surface area contributed by atoms with Crippen LogP contribution in [0.3, 0.4) is 0 Å². The molecule has 0 saturated carbocycles. The number of aliphatic hydroxyl groups excluding tert-OH is 1. The fourth-order valence-electron chi connectivity index (χ4n) is 2.18. The van der Waals surface area contributed by atoms with Crippen molar-refractivity contribution in [2.24, 2.45) is 0 Å². The number of hydrogen-bond acceptors (Lipinski definition) is 3. The Morgan fingerprint density at radius 1 is 1.14 bits per heavy atom. The van der Waals surface area contributed by atoms with Crippen molar-refractivity contribution in [2.75, 3.05) is 26.3 Å². The summed E-state index contributed by atoms with van der Waals surface area (Å²) in [5.74, 6) is 0. The molecule has 1 rings (SSSR count). The molecule has 0 amide bonds. The zero-order valence-electron chi connectivity index (χ0n) is 14.0. The van der Waals surface area contributed by atoms with E-state index in [-0.39, 0.29) is 5.41 Å². The van der Waals surface area contributed by atoms with E-state index in [0.717, 1.165) is 44.7 Å². The molecule has 0 aromatic heterocycles. The molecule has 1 unspecified atom stereocenters. The van der Waals surface area contributed by atoms with Crippen LogP contribution in [0.5, 0.6) is 0 Å². The zero-order valence-corrected chi connectivity index (χ0v) is 14.0. The van der Waals surface area contributed by atoms with Gasteiger partial charge in [0.25, 0.3) is 0 Å². The van der Waals surface area contributed by atoms with E-state index in [1.807, 2.05) is 19.1 Å². The van der Waals surface area contributed by atoms with Crippen molar-refractivity contribution in [3.8, 4) is 0 Å². The second kappa shape index (κ2) is 9.19. The molecule has 2 N–H and O–H groups in total. The molecule has 1 aromatic rings. The van der Waals surface area contributed by atoms with Crippen LogP contribution >= 0.6 is 0 Å². The van der Waals surface area contributed by atoms with Crippen LogP contribution in [0.2, 0.25) is 0 Å². The molecule has 1 atom stereocenters. The minimum Gasteiger partial charge on any atom is -0.388 e. The molecule has 0 heterocycles. The van der Waals surface area contributed by atoms with E-state index in [1.165, 1.54) is 5.56 Å². The molecular weight excluding hydrogens is 262 g/mol. The lowest BCUT2D eigenvalue weighted by atomic mass is 9.86. The molecular formula is C18H31NO2. The van der Waals surface area contributed by atoms with E-state index in [2.05, 4.69) is 38.2 Å². The summed E-state index contributed by atoms with van der Waals surface area (Å²) in [5.41, 5.74) is 2.46. The fraction of sp³-hybridized carbons (Fsp3) is 0.667. The normalized spacial score (nSPS) is 13.4. The Kier molecular flexibility index (Phi) is 7.94. The summed E-state index contributed by atoms with van der Waals surface area (Å²) >= 11 is 0. The van der Waals surface area contributed by atoms with Crippen LogP contribution in [0.25, 0.3) is 0 Å². The molecule has 0 bridgehead atoms. The van der Waals surface area contributed by atoms with Gasteiger partial charge in [-0.2, -0.15) is 0 Å². The lowest BCUT2D eigenvalue weighted by molar-refractivity contribution is 0.143. The summed E-state index contributed by atoms with van der Waals surface area (Å²) in [5, 5.41) is 13.5. The summed E-state index contributed by atoms with van der Waals surface area (Å²) in [6, 6.07) is 8.32. The first kappa shape index (κ1) is 18.1. The third-order valence-electron chi connectivity index (χ3n) is 3.60. The van der Waals surface area contributed by atoms with Crippen molar-refractivity contribution in [3.63, 3.8) is 0 Å². The van der Waals surface area contributed by atoms with Crippen LogP contribution in [0.15, 0.2) is 24.3 Å². The molecule has 0 fully saturated rings. The van der Waals surface area contributed by atoms with E-state index in [4.69, 9.17) is 4.74 Å². The Hall–Kier alpha value is -0.900. The van der Waals surface area contributed by atoms with Crippen LogP contribution in [0.1, 0.15) is 57.8 Å². The highest BCUT2D eigenvalue weighted by Crippen LogP contribution is 2.24. The average Bonchev–Trinajstić information content (AvgIpc) is 2.45. The predicted octanol–water partition coefficient (Wildman–Crippen LogP) is 3.42. The van der Waals surface area contributed by atoms with Crippen molar-refractivity contribution in [1.29, 1.82) is 0 Å². The second-order valence-corrected chi connectivity index (χ2v) is 6.48. The molecule has 0 saturated heterocycles. The van der Waals surface area contributed by atoms with E-state index in [1.54, 1.807) is 0 Å². The predicted molar refractivity (Wildman–Crippen MR) is 88.7 cm³/mol. The number of hydrogen-bond donors (Lipinski definition) is 2. The Bertz CT molecular complexity index is 381. The van der Waals surface area contributed by atoms with Gasteiger partial charge in [-0.05, 0) is 49.4 Å². The van der Waals surface area contributed by atoms with E-state index < -0.39 is 6.10 Å². The average molecular weight is 293 g/mol. The zero-order chi connectivity index (χ0) is 15.7. The summed E-state index contributed by atoms with van der Waals surface area (Å²) in [6.07, 6.45) is 1.37. The van der Waals surface area contributed by atoms with Crippen LogP contribution in [-0.2, 0) is 10.2 Å². The Morgan fingerprint density at radius 2 is 1.81 bits per heavy atom. The highest BCUT2D eigenvalue weighted by molar-refractivity contribution is 5.28. The van der Waals surface area contributed by atoms with Crippen LogP contribution in [-0.4, -0.2) is 31.4 Å². The largest absolute Gasteiger partial charge is 0.388 e. The monoisotopic (exact) mass is 293 g/mol. The van der Waals surface area contributed by atoms with Crippen molar-refractivity contribution >= 4 is 0 Å². The maximum Gasteiger partial charge on any atom is 0.0802 e. The van der Waals surface area contributed by atoms with Crippen LogP contribution < -0.4 is 5.32 Å². The molecule has 3 heteroatoms. The number of nitrogens with one attached hydrogen (secondary N) is 1. The first-order chi connectivity index (χ1) is 9.95. The lowest BCUT2D eigenvalue weighted by Gasteiger charge is -2.20. The topological polar surface area (TPSA) is 41.5 Å². The summed E-state index contributed by atoms with van der Waals surface area (Å²) in [7, 11) is 0. The van der Waals surface area contributed by atoms with Gasteiger partial charge in [-0.1, -0.05) is 45.0 Å². The van der Waals surface area contributed by atoms with Gasteiger partial charge in [-0.15, -0.1) is 0 Å².